The zero-order valence-electron chi connectivity index (χ0n) is 8.99. The number of aryl methyl sites for hydroxylation is 1. The van der Waals surface area contributed by atoms with Gasteiger partial charge in [-0.05, 0) is 36.3 Å². The van der Waals surface area contributed by atoms with Crippen LogP contribution in [0.5, 0.6) is 0 Å². The van der Waals surface area contributed by atoms with Crippen molar-refractivity contribution in [2.45, 2.75) is 26.7 Å². The zero-order valence-corrected chi connectivity index (χ0v) is 8.99. The molecule has 0 radical (unpaired) electrons. The molecule has 1 aliphatic carbocycles. The highest BCUT2D eigenvalue weighted by molar-refractivity contribution is 5.32. The Labute approximate surface area is 84.8 Å². The van der Waals surface area contributed by atoms with Crippen molar-refractivity contribution in [2.75, 3.05) is 6.54 Å². The molecular formula is C11H17N3. The number of rotatable bonds is 2. The van der Waals surface area contributed by atoms with Crippen LogP contribution in [0.25, 0.3) is 0 Å². The van der Waals surface area contributed by atoms with E-state index in [1.165, 1.54) is 5.56 Å². The Bertz CT molecular complexity index is 346. The van der Waals surface area contributed by atoms with Crippen molar-refractivity contribution < 1.29 is 0 Å². The predicted octanol–water partition coefficient (Wildman–Crippen LogP) is 1.48. The van der Waals surface area contributed by atoms with Gasteiger partial charge in [-0.2, -0.15) is 0 Å². The van der Waals surface area contributed by atoms with Gasteiger partial charge in [0.05, 0.1) is 0 Å². The minimum absolute atomic E-state index is 0.324. The van der Waals surface area contributed by atoms with E-state index in [-0.39, 0.29) is 0 Å². The van der Waals surface area contributed by atoms with Gasteiger partial charge in [-0.15, -0.1) is 0 Å². The van der Waals surface area contributed by atoms with Gasteiger partial charge >= 0.3 is 0 Å². The number of hydrogen-bond acceptors (Lipinski definition) is 3. The first-order valence-corrected chi connectivity index (χ1v) is 5.05. The lowest BCUT2D eigenvalue weighted by atomic mass is 10.0. The molecule has 0 aliphatic heterocycles. The Morgan fingerprint density at radius 1 is 1.50 bits per heavy atom. The zero-order chi connectivity index (χ0) is 10.3. The second kappa shape index (κ2) is 3.02. The van der Waals surface area contributed by atoms with Crippen molar-refractivity contribution in [1.82, 2.24) is 9.97 Å². The van der Waals surface area contributed by atoms with Crippen LogP contribution in [0.4, 0.5) is 0 Å². The average molecular weight is 191 g/mol. The molecule has 1 aromatic heterocycles. The van der Waals surface area contributed by atoms with E-state index in [1.54, 1.807) is 6.33 Å². The maximum atomic E-state index is 5.75. The average Bonchev–Trinajstić information content (AvgIpc) is 2.69. The van der Waals surface area contributed by atoms with Gasteiger partial charge in [-0.3, -0.25) is 0 Å². The molecule has 2 unspecified atom stereocenters. The largest absolute Gasteiger partial charge is 0.330 e. The summed E-state index contributed by atoms with van der Waals surface area (Å²) in [7, 11) is 0. The summed E-state index contributed by atoms with van der Waals surface area (Å²) in [5.41, 5.74) is 8.43. The third kappa shape index (κ3) is 1.23. The molecule has 0 spiro atoms. The molecule has 0 bridgehead atoms. The summed E-state index contributed by atoms with van der Waals surface area (Å²) in [5.74, 6) is 1.14. The van der Waals surface area contributed by atoms with Crippen molar-refractivity contribution in [3.05, 3.63) is 23.8 Å². The molecule has 1 heterocycles. The highest BCUT2D eigenvalue weighted by Gasteiger charge is 2.57. The van der Waals surface area contributed by atoms with E-state index in [0.717, 1.165) is 12.2 Å². The highest BCUT2D eigenvalue weighted by Crippen LogP contribution is 2.63. The quantitative estimate of drug-likeness (QED) is 0.770. The first-order chi connectivity index (χ1) is 6.59. The van der Waals surface area contributed by atoms with Crippen molar-refractivity contribution in [1.29, 1.82) is 0 Å². The fourth-order valence-corrected chi connectivity index (χ4v) is 2.51. The number of aromatic nitrogens is 2. The van der Waals surface area contributed by atoms with E-state index in [4.69, 9.17) is 5.73 Å². The second-order valence-corrected chi connectivity index (χ2v) is 4.70. The summed E-state index contributed by atoms with van der Waals surface area (Å²) < 4.78 is 0. The molecule has 1 fully saturated rings. The fourth-order valence-electron chi connectivity index (χ4n) is 2.51. The Morgan fingerprint density at radius 2 is 2.21 bits per heavy atom. The van der Waals surface area contributed by atoms with Gasteiger partial charge in [0.15, 0.2) is 0 Å². The van der Waals surface area contributed by atoms with E-state index >= 15 is 0 Å². The van der Waals surface area contributed by atoms with Gasteiger partial charge in [0.1, 0.15) is 6.33 Å². The summed E-state index contributed by atoms with van der Waals surface area (Å²) in [6.07, 6.45) is 3.54. The van der Waals surface area contributed by atoms with Gasteiger partial charge in [-0.1, -0.05) is 13.8 Å². The van der Waals surface area contributed by atoms with Crippen molar-refractivity contribution in [3.8, 4) is 0 Å². The molecule has 2 N–H and O–H groups in total. The topological polar surface area (TPSA) is 51.8 Å². The van der Waals surface area contributed by atoms with Gasteiger partial charge in [-0.25, -0.2) is 9.97 Å². The van der Waals surface area contributed by atoms with Crippen molar-refractivity contribution >= 4 is 0 Å². The number of nitrogens with zero attached hydrogens (tertiary/aromatic N) is 2. The molecule has 2 rings (SSSR count). The van der Waals surface area contributed by atoms with Crippen LogP contribution in [0.2, 0.25) is 0 Å². The van der Waals surface area contributed by atoms with Crippen molar-refractivity contribution in [2.24, 2.45) is 17.1 Å². The standard InChI is InChI=1S/C11H17N3/c1-7-8(5-13-6-14-7)10-9(4-12)11(10,2)3/h5-6,9-10H,4,12H2,1-3H3. The maximum absolute atomic E-state index is 5.75. The van der Waals surface area contributed by atoms with Crippen LogP contribution >= 0.6 is 0 Å². The molecule has 1 aromatic rings. The minimum atomic E-state index is 0.324. The molecule has 1 saturated carbocycles. The first-order valence-electron chi connectivity index (χ1n) is 5.05. The van der Waals surface area contributed by atoms with Crippen molar-refractivity contribution in [3.63, 3.8) is 0 Å². The normalized spacial score (nSPS) is 28.9. The molecule has 0 amide bonds. The Morgan fingerprint density at radius 3 is 2.71 bits per heavy atom. The molecule has 1 aliphatic rings. The van der Waals surface area contributed by atoms with E-state index in [2.05, 4.69) is 23.8 Å². The lowest BCUT2D eigenvalue weighted by Gasteiger charge is -2.04. The third-order valence-corrected chi connectivity index (χ3v) is 3.59. The third-order valence-electron chi connectivity index (χ3n) is 3.59. The van der Waals surface area contributed by atoms with Gasteiger partial charge in [0.2, 0.25) is 0 Å². The molecule has 3 heteroatoms. The molecule has 76 valence electrons. The van der Waals surface area contributed by atoms with E-state index in [9.17, 15) is 0 Å². The first kappa shape index (κ1) is 9.59. The summed E-state index contributed by atoms with van der Waals surface area (Å²) in [6, 6.07) is 0. The molecular weight excluding hydrogens is 174 g/mol. The van der Waals surface area contributed by atoms with Crippen LogP contribution in [0.1, 0.15) is 31.0 Å². The molecule has 3 nitrogen and oxygen atoms in total. The number of hydrogen-bond donors (Lipinski definition) is 1. The van der Waals surface area contributed by atoms with Crippen LogP contribution in [0, 0.1) is 18.3 Å². The summed E-state index contributed by atoms with van der Waals surface area (Å²) in [5, 5.41) is 0. The Hall–Kier alpha value is -0.960. The lowest BCUT2D eigenvalue weighted by Crippen LogP contribution is -2.05. The van der Waals surface area contributed by atoms with Gasteiger partial charge < -0.3 is 5.73 Å². The lowest BCUT2D eigenvalue weighted by molar-refractivity contribution is 0.558. The molecule has 14 heavy (non-hydrogen) atoms. The monoisotopic (exact) mass is 191 g/mol. The second-order valence-electron chi connectivity index (χ2n) is 4.70. The summed E-state index contributed by atoms with van der Waals surface area (Å²) in [6.45, 7) is 7.33. The highest BCUT2D eigenvalue weighted by atomic mass is 14.8. The molecule has 0 saturated heterocycles. The summed E-state index contributed by atoms with van der Waals surface area (Å²) >= 11 is 0. The van der Waals surface area contributed by atoms with E-state index in [1.807, 2.05) is 13.1 Å². The Kier molecular flexibility index (Phi) is 2.07. The van der Waals surface area contributed by atoms with Crippen LogP contribution in [-0.4, -0.2) is 16.5 Å². The van der Waals surface area contributed by atoms with E-state index < -0.39 is 0 Å². The van der Waals surface area contributed by atoms with Crippen LogP contribution in [-0.2, 0) is 0 Å². The predicted molar refractivity (Wildman–Crippen MR) is 55.8 cm³/mol. The van der Waals surface area contributed by atoms with E-state index in [0.29, 0.717) is 17.3 Å². The SMILES string of the molecule is Cc1ncncc1C1C(CN)C1(C)C. The van der Waals surface area contributed by atoms with Crippen LogP contribution in [0.3, 0.4) is 0 Å². The molecule has 2 atom stereocenters. The van der Waals surface area contributed by atoms with Gasteiger partial charge in [0.25, 0.3) is 0 Å². The van der Waals surface area contributed by atoms with Crippen LogP contribution in [0.15, 0.2) is 12.5 Å². The summed E-state index contributed by atoms with van der Waals surface area (Å²) in [4.78, 5) is 8.31. The Balaban J connectivity index is 2.31. The smallest absolute Gasteiger partial charge is 0.115 e. The fraction of sp³-hybridized carbons (Fsp3) is 0.636. The minimum Gasteiger partial charge on any atom is -0.330 e. The van der Waals surface area contributed by atoms with Crippen LogP contribution < -0.4 is 5.73 Å². The maximum Gasteiger partial charge on any atom is 0.115 e. The van der Waals surface area contributed by atoms with Gasteiger partial charge in [0, 0.05) is 11.9 Å². The number of nitrogens with two attached hydrogens (primary N) is 1. The molecule has 0 aromatic carbocycles.